The zero-order valence-electron chi connectivity index (χ0n) is 11.3. The molecule has 2 rings (SSSR count). The summed E-state index contributed by atoms with van der Waals surface area (Å²) in [6.07, 6.45) is 0.799. The summed E-state index contributed by atoms with van der Waals surface area (Å²) < 4.78 is 0. The van der Waals surface area contributed by atoms with Gasteiger partial charge in [-0.15, -0.1) is 5.10 Å². The van der Waals surface area contributed by atoms with Crippen molar-refractivity contribution in [3.63, 3.8) is 0 Å². The topological polar surface area (TPSA) is 134 Å². The van der Waals surface area contributed by atoms with Crippen LogP contribution < -0.4 is 5.32 Å². The van der Waals surface area contributed by atoms with E-state index in [1.54, 1.807) is 0 Å². The highest BCUT2D eigenvalue weighted by molar-refractivity contribution is 8.15. The molecular weight excluding hydrogens is 348 g/mol. The first-order valence-electron chi connectivity index (χ1n) is 6.11. The lowest BCUT2D eigenvalue weighted by Crippen LogP contribution is -2.26. The summed E-state index contributed by atoms with van der Waals surface area (Å²) in [5.74, 6) is -1.57. The third kappa shape index (κ3) is 4.50. The Kier molecular flexibility index (Phi) is 5.29. The molecule has 0 saturated carbocycles. The molecule has 0 bridgehead atoms. The van der Waals surface area contributed by atoms with Crippen molar-refractivity contribution in [2.45, 2.75) is 11.7 Å². The van der Waals surface area contributed by atoms with Crippen molar-refractivity contribution in [3.8, 4) is 0 Å². The number of aliphatic carboxylic acids is 1. The van der Waals surface area contributed by atoms with Crippen LogP contribution in [0.25, 0.3) is 0 Å². The molecule has 9 nitrogen and oxygen atoms in total. The molecule has 1 heterocycles. The van der Waals surface area contributed by atoms with Gasteiger partial charge in [0, 0.05) is 11.1 Å². The quantitative estimate of drug-likeness (QED) is 0.468. The molecule has 1 aromatic rings. The Bertz CT molecular complexity index is 736. The van der Waals surface area contributed by atoms with Crippen molar-refractivity contribution in [1.29, 1.82) is 0 Å². The summed E-state index contributed by atoms with van der Waals surface area (Å²) in [6.45, 7) is 0. The molecule has 0 aliphatic carbocycles. The van der Waals surface area contributed by atoms with Crippen LogP contribution in [0.1, 0.15) is 12.0 Å². The van der Waals surface area contributed by atoms with Crippen molar-refractivity contribution in [2.24, 2.45) is 10.2 Å². The highest BCUT2D eigenvalue weighted by atomic mass is 35.5. The summed E-state index contributed by atoms with van der Waals surface area (Å²) in [7, 11) is 0. The standard InChI is InChI=1S/C12H9ClN4O5S/c13-7-1-2-8(17(21)22)6(3-7)5-14-16-12-15-11(20)9(23-12)4-10(18)19/h1-3,5,9H,4H2,(H,18,19)(H,15,16,20). The molecule has 1 atom stereocenters. The predicted octanol–water partition coefficient (Wildman–Crippen LogP) is 1.64. The minimum atomic E-state index is -1.10. The largest absolute Gasteiger partial charge is 0.481 e. The van der Waals surface area contributed by atoms with Crippen LogP contribution in [0.5, 0.6) is 0 Å². The van der Waals surface area contributed by atoms with Gasteiger partial charge >= 0.3 is 5.97 Å². The molecule has 1 aromatic carbocycles. The van der Waals surface area contributed by atoms with E-state index in [-0.39, 0.29) is 22.8 Å². The Balaban J connectivity index is 2.13. The molecule has 0 aromatic heterocycles. The van der Waals surface area contributed by atoms with Crippen molar-refractivity contribution in [2.75, 3.05) is 0 Å². The number of amides is 1. The smallest absolute Gasteiger partial charge is 0.305 e. The number of carboxylic acid groups (broad SMARTS) is 1. The van der Waals surface area contributed by atoms with E-state index in [1.807, 2.05) is 0 Å². The van der Waals surface area contributed by atoms with E-state index in [2.05, 4.69) is 15.5 Å². The predicted molar refractivity (Wildman–Crippen MR) is 84.9 cm³/mol. The third-order valence-electron chi connectivity index (χ3n) is 2.67. The normalized spacial score (nSPS) is 19.3. The number of nitro benzene ring substituents is 1. The number of hydrogen-bond acceptors (Lipinski definition) is 7. The summed E-state index contributed by atoms with van der Waals surface area (Å²) >= 11 is 6.71. The Labute approximate surface area is 138 Å². The van der Waals surface area contributed by atoms with Crippen LogP contribution in [0, 0.1) is 10.1 Å². The van der Waals surface area contributed by atoms with E-state index in [0.717, 1.165) is 18.0 Å². The molecule has 1 fully saturated rings. The van der Waals surface area contributed by atoms with Crippen molar-refractivity contribution in [1.82, 2.24) is 5.32 Å². The molecule has 1 saturated heterocycles. The van der Waals surface area contributed by atoms with Crippen LogP contribution in [0.2, 0.25) is 5.02 Å². The zero-order chi connectivity index (χ0) is 17.0. The molecular formula is C12H9ClN4O5S. The van der Waals surface area contributed by atoms with Crippen molar-refractivity contribution >= 4 is 52.3 Å². The van der Waals surface area contributed by atoms with Gasteiger partial charge in [0.2, 0.25) is 5.91 Å². The number of halogens is 1. The average molecular weight is 357 g/mol. The number of carbonyl (C=O) groups excluding carboxylic acids is 1. The van der Waals surface area contributed by atoms with E-state index in [1.165, 1.54) is 18.2 Å². The lowest BCUT2D eigenvalue weighted by molar-refractivity contribution is -0.385. The maximum Gasteiger partial charge on any atom is 0.305 e. The second-order valence-electron chi connectivity index (χ2n) is 4.30. The Morgan fingerprint density at radius 1 is 1.57 bits per heavy atom. The SMILES string of the molecule is O=C(O)CC1SC(=NN=Cc2cc(Cl)ccc2[N+](=O)[O-])NC1=O. The average Bonchev–Trinajstić information content (AvgIpc) is 2.78. The molecule has 120 valence electrons. The number of benzene rings is 1. The third-order valence-corrected chi connectivity index (χ3v) is 3.98. The molecule has 1 unspecified atom stereocenters. The number of amidine groups is 1. The molecule has 1 aliphatic heterocycles. The molecule has 1 amide bonds. The van der Waals surface area contributed by atoms with Crippen LogP contribution in [-0.2, 0) is 9.59 Å². The molecule has 23 heavy (non-hydrogen) atoms. The van der Waals surface area contributed by atoms with Crippen molar-refractivity contribution < 1.29 is 19.6 Å². The van der Waals surface area contributed by atoms with E-state index < -0.39 is 22.0 Å². The van der Waals surface area contributed by atoms with Crippen LogP contribution in [0.4, 0.5) is 5.69 Å². The lowest BCUT2D eigenvalue weighted by Gasteiger charge is -1.98. The molecule has 11 heteroatoms. The first-order valence-corrected chi connectivity index (χ1v) is 7.37. The monoisotopic (exact) mass is 356 g/mol. The summed E-state index contributed by atoms with van der Waals surface area (Å²) in [4.78, 5) is 32.4. The van der Waals surface area contributed by atoms with Gasteiger partial charge in [0.1, 0.15) is 5.25 Å². The highest BCUT2D eigenvalue weighted by Gasteiger charge is 2.32. The zero-order valence-corrected chi connectivity index (χ0v) is 12.9. The van der Waals surface area contributed by atoms with E-state index in [0.29, 0.717) is 5.02 Å². The fourth-order valence-electron chi connectivity index (χ4n) is 1.68. The van der Waals surface area contributed by atoms with Gasteiger partial charge in [0.15, 0.2) is 5.17 Å². The second-order valence-corrected chi connectivity index (χ2v) is 5.93. The number of thioether (sulfide) groups is 1. The van der Waals surface area contributed by atoms with Crippen LogP contribution >= 0.6 is 23.4 Å². The van der Waals surface area contributed by atoms with Crippen LogP contribution in [-0.4, -0.2) is 38.5 Å². The van der Waals surface area contributed by atoms with E-state index in [9.17, 15) is 19.7 Å². The van der Waals surface area contributed by atoms with Gasteiger partial charge in [0.25, 0.3) is 5.69 Å². The minimum absolute atomic E-state index is 0.127. The number of rotatable bonds is 5. The molecule has 0 radical (unpaired) electrons. The first-order chi connectivity index (χ1) is 10.9. The number of nitrogens with one attached hydrogen (secondary N) is 1. The minimum Gasteiger partial charge on any atom is -0.481 e. The van der Waals surface area contributed by atoms with E-state index in [4.69, 9.17) is 16.7 Å². The molecule has 0 spiro atoms. The number of carboxylic acids is 1. The Hall–Kier alpha value is -2.46. The fourth-order valence-corrected chi connectivity index (χ4v) is 2.78. The second kappa shape index (κ2) is 7.20. The number of nitro groups is 1. The maximum absolute atomic E-state index is 11.5. The van der Waals surface area contributed by atoms with Crippen LogP contribution in [0.15, 0.2) is 28.4 Å². The van der Waals surface area contributed by atoms with Gasteiger partial charge in [-0.05, 0) is 12.1 Å². The summed E-state index contributed by atoms with van der Waals surface area (Å²) in [5.41, 5.74) is -0.0338. The molecule has 2 N–H and O–H groups in total. The number of nitrogens with zero attached hydrogens (tertiary/aromatic N) is 3. The number of carbonyl (C=O) groups is 2. The highest BCUT2D eigenvalue weighted by Crippen LogP contribution is 2.23. The van der Waals surface area contributed by atoms with Crippen molar-refractivity contribution in [3.05, 3.63) is 38.9 Å². The first kappa shape index (κ1) is 16.9. The Morgan fingerprint density at radius 3 is 2.96 bits per heavy atom. The van der Waals surface area contributed by atoms with Gasteiger partial charge in [-0.2, -0.15) is 5.10 Å². The summed E-state index contributed by atoms with van der Waals surface area (Å²) in [5, 5.41) is 29.0. The van der Waals surface area contributed by atoms with Gasteiger partial charge in [-0.3, -0.25) is 19.7 Å². The molecule has 1 aliphatic rings. The number of hydrogen-bond donors (Lipinski definition) is 2. The van der Waals surface area contributed by atoms with Gasteiger partial charge in [0.05, 0.1) is 23.1 Å². The Morgan fingerprint density at radius 2 is 2.30 bits per heavy atom. The summed E-state index contributed by atoms with van der Waals surface area (Å²) in [6, 6.07) is 3.98. The maximum atomic E-state index is 11.5. The van der Waals surface area contributed by atoms with E-state index >= 15 is 0 Å². The van der Waals surface area contributed by atoms with Gasteiger partial charge in [-0.25, -0.2) is 0 Å². The van der Waals surface area contributed by atoms with Gasteiger partial charge in [-0.1, -0.05) is 23.4 Å². The van der Waals surface area contributed by atoms with Crippen LogP contribution in [0.3, 0.4) is 0 Å². The van der Waals surface area contributed by atoms with Gasteiger partial charge < -0.3 is 10.4 Å². The lowest BCUT2D eigenvalue weighted by atomic mass is 10.2. The fraction of sp³-hybridized carbons (Fsp3) is 0.167.